The van der Waals surface area contributed by atoms with E-state index in [0.29, 0.717) is 48.8 Å². The van der Waals surface area contributed by atoms with Crippen LogP contribution in [0.5, 0.6) is 0 Å². The predicted octanol–water partition coefficient (Wildman–Crippen LogP) is 6.00. The summed E-state index contributed by atoms with van der Waals surface area (Å²) in [5, 5.41) is 0.0780. The summed E-state index contributed by atoms with van der Waals surface area (Å²) in [4.78, 5) is 42.3. The van der Waals surface area contributed by atoms with Crippen LogP contribution in [0.1, 0.15) is 70.9 Å². The molecular formula is C34H39ClFN5O4. The highest BCUT2D eigenvalue weighted by Crippen LogP contribution is 2.52. The molecule has 11 heteroatoms. The maximum Gasteiger partial charge on any atom is 0.339 e. The van der Waals surface area contributed by atoms with Crippen molar-refractivity contribution in [3.8, 4) is 0 Å². The number of anilines is 3. The second kappa shape index (κ2) is 11.6. The van der Waals surface area contributed by atoms with Crippen LogP contribution in [0.25, 0.3) is 0 Å². The van der Waals surface area contributed by atoms with E-state index in [9.17, 15) is 14.0 Å². The van der Waals surface area contributed by atoms with E-state index in [2.05, 4.69) is 9.80 Å². The molecule has 0 radical (unpaired) electrons. The molecule has 238 valence electrons. The number of hydrogen-bond donors (Lipinski definition) is 0. The van der Waals surface area contributed by atoms with Gasteiger partial charge in [0.1, 0.15) is 17.3 Å². The third-order valence-corrected chi connectivity index (χ3v) is 10.0. The van der Waals surface area contributed by atoms with Gasteiger partial charge in [-0.05, 0) is 88.9 Å². The standard InChI is InChI=1S/C34H39ClFN5O4/c1-20-15-28(37-21(2)29(20)32(43)45-6)39-13-14-41(33(3,4)18-39)31(42)26-9-10-27-30(38-26)34(12-11-23(17-34)44-5)19-40(27)22-7-8-24(35)25(36)16-22/h7-10,15-16,23H,11-14,17-19H2,1-6H3/t23-,34+/m1/s1. The Labute approximate surface area is 268 Å². The molecule has 1 saturated carbocycles. The zero-order valence-electron chi connectivity index (χ0n) is 26.6. The van der Waals surface area contributed by atoms with Crippen molar-refractivity contribution in [2.24, 2.45) is 0 Å². The quantitative estimate of drug-likeness (QED) is 0.316. The Bertz CT molecular complexity index is 1660. The van der Waals surface area contributed by atoms with Crippen LogP contribution in [0, 0.1) is 19.7 Å². The lowest BCUT2D eigenvalue weighted by atomic mass is 9.84. The highest BCUT2D eigenvalue weighted by Gasteiger charge is 2.50. The van der Waals surface area contributed by atoms with Gasteiger partial charge in [0, 0.05) is 44.4 Å². The van der Waals surface area contributed by atoms with Gasteiger partial charge in [-0.3, -0.25) is 4.79 Å². The van der Waals surface area contributed by atoms with Crippen LogP contribution in [0.15, 0.2) is 36.4 Å². The molecule has 9 nitrogen and oxygen atoms in total. The fraction of sp³-hybridized carbons (Fsp3) is 0.471. The van der Waals surface area contributed by atoms with Crippen LogP contribution in [0.4, 0.5) is 21.6 Å². The molecule has 0 N–H and O–H groups in total. The lowest BCUT2D eigenvalue weighted by Gasteiger charge is -2.47. The number of hydrogen-bond acceptors (Lipinski definition) is 8. The molecule has 2 fully saturated rings. The van der Waals surface area contributed by atoms with Gasteiger partial charge < -0.3 is 24.2 Å². The molecule has 3 aliphatic rings. The van der Waals surface area contributed by atoms with Gasteiger partial charge in [0.2, 0.25) is 0 Å². The number of rotatable bonds is 5. The van der Waals surface area contributed by atoms with Crippen LogP contribution in [-0.2, 0) is 14.9 Å². The number of carbonyl (C=O) groups excluding carboxylic acids is 2. The third-order valence-electron chi connectivity index (χ3n) is 9.70. The fourth-order valence-electron chi connectivity index (χ4n) is 7.41. The van der Waals surface area contributed by atoms with Crippen molar-refractivity contribution in [3.63, 3.8) is 0 Å². The van der Waals surface area contributed by atoms with Gasteiger partial charge >= 0.3 is 5.97 Å². The maximum atomic E-state index is 14.5. The van der Waals surface area contributed by atoms with Crippen molar-refractivity contribution >= 4 is 40.7 Å². The van der Waals surface area contributed by atoms with Gasteiger partial charge in [-0.2, -0.15) is 0 Å². The average Bonchev–Trinajstić information content (AvgIpc) is 3.57. The molecule has 45 heavy (non-hydrogen) atoms. The van der Waals surface area contributed by atoms with E-state index < -0.39 is 17.3 Å². The van der Waals surface area contributed by atoms with Gasteiger partial charge in [0.05, 0.1) is 46.4 Å². The Balaban J connectivity index is 1.28. The molecule has 1 aromatic carbocycles. The molecule has 3 aromatic rings. The second-order valence-corrected chi connectivity index (χ2v) is 13.5. The van der Waals surface area contributed by atoms with Crippen LogP contribution in [0.2, 0.25) is 5.02 Å². The molecule has 2 aliphatic heterocycles. The summed E-state index contributed by atoms with van der Waals surface area (Å²) in [6, 6.07) is 10.5. The van der Waals surface area contributed by atoms with E-state index in [0.717, 1.165) is 42.0 Å². The predicted molar refractivity (Wildman–Crippen MR) is 171 cm³/mol. The second-order valence-electron chi connectivity index (χ2n) is 13.1. The number of aryl methyl sites for hydroxylation is 2. The Morgan fingerprint density at radius 3 is 2.47 bits per heavy atom. The Morgan fingerprint density at radius 2 is 1.82 bits per heavy atom. The molecule has 1 aliphatic carbocycles. The zero-order valence-corrected chi connectivity index (χ0v) is 27.4. The summed E-state index contributed by atoms with van der Waals surface area (Å²) >= 11 is 5.99. The van der Waals surface area contributed by atoms with Crippen molar-refractivity contribution in [1.29, 1.82) is 0 Å². The average molecular weight is 636 g/mol. The molecule has 2 atom stereocenters. The van der Waals surface area contributed by atoms with Gasteiger partial charge in [0.15, 0.2) is 0 Å². The van der Waals surface area contributed by atoms with E-state index in [1.165, 1.54) is 13.2 Å². The summed E-state index contributed by atoms with van der Waals surface area (Å²) in [5.41, 5.74) is 3.89. The smallest absolute Gasteiger partial charge is 0.339 e. The zero-order chi connectivity index (χ0) is 32.3. The summed E-state index contributed by atoms with van der Waals surface area (Å²) in [6.45, 7) is 10.0. The van der Waals surface area contributed by atoms with Crippen LogP contribution >= 0.6 is 11.6 Å². The minimum atomic E-state index is -0.528. The first-order valence-electron chi connectivity index (χ1n) is 15.3. The van der Waals surface area contributed by atoms with Gasteiger partial charge in [-0.25, -0.2) is 19.2 Å². The molecule has 1 spiro atoms. The molecule has 4 heterocycles. The molecule has 6 rings (SSSR count). The molecule has 2 aromatic heterocycles. The number of carbonyl (C=O) groups is 2. The van der Waals surface area contributed by atoms with E-state index >= 15 is 0 Å². The number of nitrogens with zero attached hydrogens (tertiary/aromatic N) is 5. The summed E-state index contributed by atoms with van der Waals surface area (Å²) in [7, 11) is 3.09. The Kier molecular flexibility index (Phi) is 8.02. The molecule has 0 bridgehead atoms. The van der Waals surface area contributed by atoms with Crippen LogP contribution in [-0.4, -0.2) is 78.8 Å². The van der Waals surface area contributed by atoms with E-state index in [1.807, 2.05) is 50.8 Å². The highest BCUT2D eigenvalue weighted by atomic mass is 35.5. The van der Waals surface area contributed by atoms with Gasteiger partial charge in [-0.1, -0.05) is 11.6 Å². The largest absolute Gasteiger partial charge is 0.465 e. The number of amides is 1. The topological polar surface area (TPSA) is 88.1 Å². The maximum absolute atomic E-state index is 14.5. The Hall–Kier alpha value is -3.76. The minimum absolute atomic E-state index is 0.0780. The van der Waals surface area contributed by atoms with Gasteiger partial charge in [0.25, 0.3) is 5.91 Å². The Morgan fingerprint density at radius 1 is 1.04 bits per heavy atom. The van der Waals surface area contributed by atoms with Gasteiger partial charge in [-0.15, -0.1) is 0 Å². The first kappa shape index (κ1) is 31.2. The molecule has 1 amide bonds. The third kappa shape index (κ3) is 5.42. The van der Waals surface area contributed by atoms with Crippen molar-refractivity contribution in [2.75, 3.05) is 50.2 Å². The number of halogens is 2. The summed E-state index contributed by atoms with van der Waals surface area (Å²) in [5.74, 6) is -0.236. The number of pyridine rings is 2. The number of esters is 1. The molecule has 0 unspecified atom stereocenters. The number of fused-ring (bicyclic) bond motifs is 2. The lowest BCUT2D eigenvalue weighted by Crippen LogP contribution is -2.61. The number of piperazine rings is 1. The van der Waals surface area contributed by atoms with E-state index in [1.54, 1.807) is 19.2 Å². The summed E-state index contributed by atoms with van der Waals surface area (Å²) in [6.07, 6.45) is 2.62. The SMILES string of the molecule is COC(=O)c1c(C)cc(N2CCN(C(=O)c3ccc4c(n3)[C@]3(CC[C@@H](OC)C3)CN4c3ccc(Cl)c(F)c3)C(C)(C)C2)nc1C. The normalized spacial score (nSPS) is 22.2. The molecule has 1 saturated heterocycles. The summed E-state index contributed by atoms with van der Waals surface area (Å²) < 4.78 is 25.2. The first-order chi connectivity index (χ1) is 21.4. The number of ether oxygens (including phenoxy) is 2. The number of benzene rings is 1. The lowest BCUT2D eigenvalue weighted by molar-refractivity contribution is 0.0505. The number of aromatic nitrogens is 2. The highest BCUT2D eigenvalue weighted by molar-refractivity contribution is 6.30. The van der Waals surface area contributed by atoms with Crippen LogP contribution < -0.4 is 9.80 Å². The minimum Gasteiger partial charge on any atom is -0.465 e. The van der Waals surface area contributed by atoms with Crippen molar-refractivity contribution < 1.29 is 23.5 Å². The monoisotopic (exact) mass is 635 g/mol. The van der Waals surface area contributed by atoms with Crippen molar-refractivity contribution in [3.05, 3.63) is 75.4 Å². The van der Waals surface area contributed by atoms with E-state index in [-0.39, 0.29) is 22.4 Å². The fourth-order valence-corrected chi connectivity index (χ4v) is 7.53. The first-order valence-corrected chi connectivity index (χ1v) is 15.7. The van der Waals surface area contributed by atoms with Crippen LogP contribution in [0.3, 0.4) is 0 Å². The molecular weight excluding hydrogens is 597 g/mol. The number of methoxy groups -OCH3 is 2. The van der Waals surface area contributed by atoms with E-state index in [4.69, 9.17) is 31.0 Å². The van der Waals surface area contributed by atoms with Crippen molar-refractivity contribution in [2.45, 2.75) is 64.0 Å². The van der Waals surface area contributed by atoms with Crippen molar-refractivity contribution in [1.82, 2.24) is 14.9 Å².